The number of carbonyl (C=O) groups is 2. The molecule has 1 unspecified atom stereocenters. The van der Waals surface area contributed by atoms with Crippen molar-refractivity contribution in [2.45, 2.75) is 51.1 Å². The Morgan fingerprint density at radius 1 is 1.19 bits per heavy atom. The molecule has 7 nitrogen and oxygen atoms in total. The fourth-order valence-corrected chi connectivity index (χ4v) is 4.93. The summed E-state index contributed by atoms with van der Waals surface area (Å²) < 4.78 is 0. The monoisotopic (exact) mass is 385 g/mol. The summed E-state index contributed by atoms with van der Waals surface area (Å²) in [5.41, 5.74) is -0.328. The first-order valence-corrected chi connectivity index (χ1v) is 10.3. The van der Waals surface area contributed by atoms with E-state index in [2.05, 4.69) is 15.0 Å². The minimum absolute atomic E-state index is 0.0939. The second-order valence-corrected chi connectivity index (χ2v) is 8.26. The van der Waals surface area contributed by atoms with E-state index < -0.39 is 5.54 Å². The Morgan fingerprint density at radius 2 is 1.89 bits per heavy atom. The third-order valence-corrected chi connectivity index (χ3v) is 6.32. The van der Waals surface area contributed by atoms with Crippen molar-refractivity contribution in [3.05, 3.63) is 29.5 Å². The summed E-state index contributed by atoms with van der Waals surface area (Å²) in [5.74, 6) is 0.443. The van der Waals surface area contributed by atoms with Gasteiger partial charge >= 0.3 is 0 Å². The summed E-state index contributed by atoms with van der Waals surface area (Å²) >= 11 is 1.35. The van der Waals surface area contributed by atoms with E-state index in [9.17, 15) is 9.59 Å². The Bertz CT molecular complexity index is 853. The summed E-state index contributed by atoms with van der Waals surface area (Å²) in [7, 11) is 0. The van der Waals surface area contributed by atoms with Crippen LogP contribution in [0.4, 0.5) is 0 Å². The molecule has 0 aliphatic carbocycles. The topological polar surface area (TPSA) is 79.3 Å². The molecular formula is C19H23N5O2S. The molecule has 1 spiro atoms. The lowest BCUT2D eigenvalue weighted by Crippen LogP contribution is -2.62. The van der Waals surface area contributed by atoms with Crippen molar-refractivity contribution in [2.75, 3.05) is 13.1 Å². The van der Waals surface area contributed by atoms with Gasteiger partial charge in [0.1, 0.15) is 11.2 Å². The van der Waals surface area contributed by atoms with Gasteiger partial charge in [-0.2, -0.15) is 0 Å². The molecule has 0 aromatic carbocycles. The molecule has 0 saturated carbocycles. The molecule has 0 radical (unpaired) electrons. The quantitative estimate of drug-likeness (QED) is 0.811. The van der Waals surface area contributed by atoms with Crippen LogP contribution >= 0.6 is 11.3 Å². The second-order valence-electron chi connectivity index (χ2n) is 7.40. The number of carbonyl (C=O) groups excluding carboxylic acids is 2. The number of nitrogens with zero attached hydrogens (tertiary/aromatic N) is 5. The van der Waals surface area contributed by atoms with Gasteiger partial charge in [-0.05, 0) is 45.6 Å². The highest BCUT2D eigenvalue weighted by molar-refractivity contribution is 7.13. The lowest BCUT2D eigenvalue weighted by molar-refractivity contribution is -0.147. The minimum atomic E-state index is -0.702. The zero-order valence-electron chi connectivity index (χ0n) is 15.6. The molecule has 0 bridgehead atoms. The molecule has 27 heavy (non-hydrogen) atoms. The number of rotatable bonds is 3. The Labute approximate surface area is 162 Å². The van der Waals surface area contributed by atoms with Gasteiger partial charge in [-0.1, -0.05) is 0 Å². The van der Waals surface area contributed by atoms with Gasteiger partial charge < -0.3 is 9.80 Å². The first-order chi connectivity index (χ1) is 13.0. The molecule has 4 rings (SSSR count). The predicted octanol–water partition coefficient (Wildman–Crippen LogP) is 2.61. The summed E-state index contributed by atoms with van der Waals surface area (Å²) in [6.45, 7) is 5.44. The molecular weight excluding hydrogens is 362 g/mol. The number of thiazole rings is 1. The molecule has 142 valence electrons. The zero-order chi connectivity index (χ0) is 19.0. The summed E-state index contributed by atoms with van der Waals surface area (Å²) in [6, 6.07) is 1.89. The van der Waals surface area contributed by atoms with Crippen molar-refractivity contribution in [1.29, 1.82) is 0 Å². The molecule has 0 N–H and O–H groups in total. The number of hydrogen-bond acceptors (Lipinski definition) is 6. The van der Waals surface area contributed by atoms with Crippen LogP contribution in [0.15, 0.2) is 23.8 Å². The number of aromatic nitrogens is 3. The van der Waals surface area contributed by atoms with E-state index in [4.69, 9.17) is 0 Å². The normalized spacial score (nSPS) is 22.9. The van der Waals surface area contributed by atoms with E-state index in [0.29, 0.717) is 23.1 Å². The lowest BCUT2D eigenvalue weighted by Gasteiger charge is -2.45. The highest BCUT2D eigenvalue weighted by atomic mass is 32.1. The fourth-order valence-electron chi connectivity index (χ4n) is 4.19. The molecule has 2 fully saturated rings. The van der Waals surface area contributed by atoms with Crippen molar-refractivity contribution in [1.82, 2.24) is 24.8 Å². The van der Waals surface area contributed by atoms with Gasteiger partial charge in [0.2, 0.25) is 5.91 Å². The SMILES string of the molecule is CC(C)N1CCCC2(CCCN2C(=O)c2csc(-c3ncccn3)n2)C1=O. The number of likely N-dealkylation sites (tertiary alicyclic amines) is 2. The molecule has 2 amide bonds. The van der Waals surface area contributed by atoms with E-state index in [0.717, 1.165) is 32.2 Å². The predicted molar refractivity (Wildman–Crippen MR) is 102 cm³/mol. The summed E-state index contributed by atoms with van der Waals surface area (Å²) in [4.78, 5) is 43.0. The zero-order valence-corrected chi connectivity index (χ0v) is 16.4. The van der Waals surface area contributed by atoms with Crippen LogP contribution in [0.3, 0.4) is 0 Å². The second kappa shape index (κ2) is 6.99. The van der Waals surface area contributed by atoms with Crippen LogP contribution in [0, 0.1) is 0 Å². The van der Waals surface area contributed by atoms with Gasteiger partial charge in [0, 0.05) is 36.9 Å². The minimum Gasteiger partial charge on any atom is -0.338 e. The maximum Gasteiger partial charge on any atom is 0.274 e. The first-order valence-electron chi connectivity index (χ1n) is 9.39. The van der Waals surface area contributed by atoms with Crippen molar-refractivity contribution in [3.63, 3.8) is 0 Å². The first kappa shape index (κ1) is 18.0. The maximum absolute atomic E-state index is 13.3. The van der Waals surface area contributed by atoms with Crippen LogP contribution in [0.25, 0.3) is 10.8 Å². The third kappa shape index (κ3) is 3.01. The fraction of sp³-hybridized carbons (Fsp3) is 0.526. The van der Waals surface area contributed by atoms with Crippen LogP contribution in [0.5, 0.6) is 0 Å². The number of hydrogen-bond donors (Lipinski definition) is 0. The van der Waals surface area contributed by atoms with Gasteiger partial charge in [0.05, 0.1) is 0 Å². The van der Waals surface area contributed by atoms with E-state index in [1.54, 1.807) is 28.7 Å². The van der Waals surface area contributed by atoms with Crippen molar-refractivity contribution in [2.24, 2.45) is 0 Å². The Kier molecular flexibility index (Phi) is 4.67. The van der Waals surface area contributed by atoms with E-state index in [-0.39, 0.29) is 17.9 Å². The van der Waals surface area contributed by atoms with Crippen LogP contribution in [0.2, 0.25) is 0 Å². The van der Waals surface area contributed by atoms with E-state index in [1.807, 2.05) is 18.7 Å². The van der Waals surface area contributed by atoms with Crippen LogP contribution < -0.4 is 0 Å². The molecule has 4 heterocycles. The van der Waals surface area contributed by atoms with Gasteiger partial charge in [-0.25, -0.2) is 15.0 Å². The Morgan fingerprint density at radius 3 is 2.59 bits per heavy atom. The van der Waals surface area contributed by atoms with Crippen LogP contribution in [-0.4, -0.2) is 61.2 Å². The molecule has 2 aromatic heterocycles. The average molecular weight is 385 g/mol. The van der Waals surface area contributed by atoms with E-state index in [1.165, 1.54) is 11.3 Å². The molecule has 2 aromatic rings. The number of piperidine rings is 1. The van der Waals surface area contributed by atoms with Gasteiger partial charge in [-0.15, -0.1) is 11.3 Å². The lowest BCUT2D eigenvalue weighted by atomic mass is 9.84. The largest absolute Gasteiger partial charge is 0.338 e. The Balaban J connectivity index is 1.62. The standard InChI is InChI=1S/C19H23N5O2S/c1-13(2)23-10-3-6-19(18(23)26)7-4-11-24(19)17(25)14-12-27-16(22-14)15-20-8-5-9-21-15/h5,8-9,12-13H,3-4,6-7,10-11H2,1-2H3. The average Bonchev–Trinajstić information content (AvgIpc) is 3.32. The van der Waals surface area contributed by atoms with Crippen LogP contribution in [-0.2, 0) is 4.79 Å². The van der Waals surface area contributed by atoms with Crippen molar-refractivity contribution in [3.8, 4) is 10.8 Å². The van der Waals surface area contributed by atoms with Crippen molar-refractivity contribution < 1.29 is 9.59 Å². The van der Waals surface area contributed by atoms with Gasteiger partial charge in [0.25, 0.3) is 5.91 Å². The summed E-state index contributed by atoms with van der Waals surface area (Å²) in [5, 5.41) is 2.36. The van der Waals surface area contributed by atoms with Crippen LogP contribution in [0.1, 0.15) is 50.0 Å². The molecule has 2 saturated heterocycles. The molecule has 2 aliphatic rings. The Hall–Kier alpha value is -2.35. The van der Waals surface area contributed by atoms with Crippen molar-refractivity contribution >= 4 is 23.2 Å². The third-order valence-electron chi connectivity index (χ3n) is 5.49. The molecule has 2 aliphatic heterocycles. The van der Waals surface area contributed by atoms with E-state index >= 15 is 0 Å². The smallest absolute Gasteiger partial charge is 0.274 e. The highest BCUT2D eigenvalue weighted by Crippen LogP contribution is 2.40. The van der Waals surface area contributed by atoms with Gasteiger partial charge in [0.15, 0.2) is 10.8 Å². The number of amides is 2. The van der Waals surface area contributed by atoms with Gasteiger partial charge in [-0.3, -0.25) is 9.59 Å². The molecule has 8 heteroatoms. The highest BCUT2D eigenvalue weighted by Gasteiger charge is 2.53. The summed E-state index contributed by atoms with van der Waals surface area (Å²) in [6.07, 6.45) is 6.55. The maximum atomic E-state index is 13.3. The molecule has 1 atom stereocenters.